The van der Waals surface area contributed by atoms with Crippen molar-refractivity contribution in [1.29, 1.82) is 0 Å². The molecular formula is C15H17N3OS. The van der Waals surface area contributed by atoms with Gasteiger partial charge in [0.15, 0.2) is 0 Å². The molecular weight excluding hydrogens is 270 g/mol. The maximum atomic E-state index is 12.4. The lowest BCUT2D eigenvalue weighted by Gasteiger charge is -2.23. The highest BCUT2D eigenvalue weighted by Crippen LogP contribution is 2.29. The van der Waals surface area contributed by atoms with Crippen molar-refractivity contribution in [3.63, 3.8) is 0 Å². The van der Waals surface area contributed by atoms with Gasteiger partial charge in [-0.15, -0.1) is 11.3 Å². The normalized spacial score (nSPS) is 26.2. The highest BCUT2D eigenvalue weighted by Gasteiger charge is 2.41. The molecule has 2 aromatic rings. The highest BCUT2D eigenvalue weighted by atomic mass is 32.1. The lowest BCUT2D eigenvalue weighted by Crippen LogP contribution is -2.41. The molecule has 1 aromatic heterocycles. The number of hydrogen-bond acceptors (Lipinski definition) is 4. The second kappa shape index (κ2) is 4.82. The third-order valence-corrected chi connectivity index (χ3v) is 5.32. The fraction of sp³-hybridized carbons (Fsp3) is 0.467. The van der Waals surface area contributed by atoms with Crippen LogP contribution in [-0.2, 0) is 11.3 Å². The molecule has 0 bridgehead atoms. The largest absolute Gasteiger partial charge is 0.334 e. The number of benzene rings is 1. The Bertz CT molecular complexity index is 620. The average molecular weight is 287 g/mol. The van der Waals surface area contributed by atoms with Gasteiger partial charge in [-0.3, -0.25) is 4.79 Å². The van der Waals surface area contributed by atoms with E-state index in [-0.39, 0.29) is 5.92 Å². The fourth-order valence-electron chi connectivity index (χ4n) is 3.30. The Balaban J connectivity index is 1.55. The van der Waals surface area contributed by atoms with E-state index in [1.54, 1.807) is 11.3 Å². The Labute approximate surface area is 121 Å². The van der Waals surface area contributed by atoms with Gasteiger partial charge in [0.1, 0.15) is 5.01 Å². The van der Waals surface area contributed by atoms with E-state index in [0.29, 0.717) is 18.5 Å². The number of carbonyl (C=O) groups excluding carboxylic acids is 1. The zero-order valence-electron chi connectivity index (χ0n) is 11.2. The number of piperidine rings is 1. The summed E-state index contributed by atoms with van der Waals surface area (Å²) < 4.78 is 1.20. The van der Waals surface area contributed by atoms with E-state index in [0.717, 1.165) is 36.5 Å². The predicted molar refractivity (Wildman–Crippen MR) is 79.6 cm³/mol. The topological polar surface area (TPSA) is 45.2 Å². The van der Waals surface area contributed by atoms with Crippen LogP contribution in [0.15, 0.2) is 24.3 Å². The summed E-state index contributed by atoms with van der Waals surface area (Å²) in [6, 6.07) is 8.51. The van der Waals surface area contributed by atoms with E-state index in [9.17, 15) is 4.79 Å². The van der Waals surface area contributed by atoms with Crippen molar-refractivity contribution >= 4 is 27.5 Å². The molecule has 2 aliphatic rings. The summed E-state index contributed by atoms with van der Waals surface area (Å²) in [7, 11) is 0. The van der Waals surface area contributed by atoms with Gasteiger partial charge in [0.25, 0.3) is 0 Å². The predicted octanol–water partition coefficient (Wildman–Crippen LogP) is 2.01. The summed E-state index contributed by atoms with van der Waals surface area (Å²) in [5.41, 5.74) is 1.04. The molecule has 2 unspecified atom stereocenters. The Morgan fingerprint density at radius 3 is 3.15 bits per heavy atom. The van der Waals surface area contributed by atoms with Crippen molar-refractivity contribution in [1.82, 2.24) is 15.2 Å². The van der Waals surface area contributed by atoms with Crippen LogP contribution in [0.3, 0.4) is 0 Å². The number of thiazole rings is 1. The summed E-state index contributed by atoms with van der Waals surface area (Å²) in [5, 5.41) is 4.51. The van der Waals surface area contributed by atoms with Crippen LogP contribution in [0.5, 0.6) is 0 Å². The van der Waals surface area contributed by atoms with Crippen molar-refractivity contribution < 1.29 is 4.79 Å². The number of nitrogens with one attached hydrogen (secondary N) is 1. The van der Waals surface area contributed by atoms with Crippen LogP contribution in [0.1, 0.15) is 17.8 Å². The number of amides is 1. The van der Waals surface area contributed by atoms with Crippen molar-refractivity contribution in [3.05, 3.63) is 29.3 Å². The van der Waals surface area contributed by atoms with E-state index in [4.69, 9.17) is 0 Å². The quantitative estimate of drug-likeness (QED) is 0.919. The van der Waals surface area contributed by atoms with Gasteiger partial charge in [-0.1, -0.05) is 12.1 Å². The Morgan fingerprint density at radius 2 is 2.30 bits per heavy atom. The van der Waals surface area contributed by atoms with Crippen molar-refractivity contribution in [2.75, 3.05) is 13.1 Å². The van der Waals surface area contributed by atoms with Crippen LogP contribution >= 0.6 is 11.3 Å². The third kappa shape index (κ3) is 2.01. The van der Waals surface area contributed by atoms with Gasteiger partial charge >= 0.3 is 0 Å². The van der Waals surface area contributed by atoms with Gasteiger partial charge < -0.3 is 10.2 Å². The molecule has 2 atom stereocenters. The summed E-state index contributed by atoms with van der Waals surface area (Å²) in [6.07, 6.45) is 2.15. The van der Waals surface area contributed by atoms with Crippen molar-refractivity contribution in [2.24, 2.45) is 5.92 Å². The SMILES string of the molecule is O=C1C2CCCNC2CN1Cc1nc2ccccc2s1. The molecule has 1 N–H and O–H groups in total. The van der Waals surface area contributed by atoms with Gasteiger partial charge in [0.05, 0.1) is 22.7 Å². The minimum Gasteiger partial charge on any atom is -0.334 e. The Hall–Kier alpha value is -1.46. The molecule has 4 rings (SSSR count). The van der Waals surface area contributed by atoms with E-state index in [2.05, 4.69) is 16.4 Å². The highest BCUT2D eigenvalue weighted by molar-refractivity contribution is 7.18. The molecule has 2 aliphatic heterocycles. The van der Waals surface area contributed by atoms with Crippen molar-refractivity contribution in [3.8, 4) is 0 Å². The molecule has 5 heteroatoms. The number of likely N-dealkylation sites (tertiary alicyclic amines) is 1. The number of para-hydroxylation sites is 1. The zero-order chi connectivity index (χ0) is 13.5. The number of carbonyl (C=O) groups is 1. The van der Waals surface area contributed by atoms with Gasteiger partial charge in [-0.2, -0.15) is 0 Å². The number of nitrogens with zero attached hydrogens (tertiary/aromatic N) is 2. The van der Waals surface area contributed by atoms with E-state index >= 15 is 0 Å². The van der Waals surface area contributed by atoms with E-state index in [1.807, 2.05) is 23.1 Å². The minimum atomic E-state index is 0.193. The second-order valence-electron chi connectivity index (χ2n) is 5.60. The molecule has 0 aliphatic carbocycles. The fourth-order valence-corrected chi connectivity index (χ4v) is 4.28. The first-order valence-electron chi connectivity index (χ1n) is 7.18. The number of rotatable bonds is 2. The first kappa shape index (κ1) is 12.3. The molecule has 2 fully saturated rings. The average Bonchev–Trinajstić information content (AvgIpc) is 3.01. The first-order chi connectivity index (χ1) is 9.81. The van der Waals surface area contributed by atoms with Gasteiger partial charge in [-0.25, -0.2) is 4.98 Å². The summed E-state index contributed by atoms with van der Waals surface area (Å²) in [5.74, 6) is 0.500. The number of fused-ring (bicyclic) bond motifs is 2. The van der Waals surface area contributed by atoms with Gasteiger partial charge in [0, 0.05) is 12.6 Å². The lowest BCUT2D eigenvalue weighted by molar-refractivity contribution is -0.131. The standard InChI is InChI=1S/C15H17N3OS/c19-15-10-4-3-7-16-12(10)8-18(15)9-14-17-11-5-1-2-6-13(11)20-14/h1-2,5-6,10,12,16H,3-4,7-9H2. The van der Waals surface area contributed by atoms with E-state index in [1.165, 1.54) is 4.70 Å². The van der Waals surface area contributed by atoms with Crippen LogP contribution in [0.4, 0.5) is 0 Å². The summed E-state index contributed by atoms with van der Waals surface area (Å²) >= 11 is 1.69. The van der Waals surface area contributed by atoms with Crippen LogP contribution < -0.4 is 5.32 Å². The molecule has 1 aromatic carbocycles. The third-order valence-electron chi connectivity index (χ3n) is 4.29. The monoisotopic (exact) mass is 287 g/mol. The molecule has 104 valence electrons. The zero-order valence-corrected chi connectivity index (χ0v) is 12.0. The van der Waals surface area contributed by atoms with Crippen LogP contribution in [0, 0.1) is 5.92 Å². The molecule has 3 heterocycles. The molecule has 20 heavy (non-hydrogen) atoms. The van der Waals surface area contributed by atoms with Crippen molar-refractivity contribution in [2.45, 2.75) is 25.4 Å². The molecule has 0 radical (unpaired) electrons. The van der Waals surface area contributed by atoms with Crippen LogP contribution in [0.2, 0.25) is 0 Å². The first-order valence-corrected chi connectivity index (χ1v) is 7.99. The van der Waals surface area contributed by atoms with Crippen LogP contribution in [-0.4, -0.2) is 34.9 Å². The molecule has 2 saturated heterocycles. The van der Waals surface area contributed by atoms with Gasteiger partial charge in [0.2, 0.25) is 5.91 Å². The Kier molecular flexibility index (Phi) is 2.97. The van der Waals surface area contributed by atoms with Crippen LogP contribution in [0.25, 0.3) is 10.2 Å². The Morgan fingerprint density at radius 1 is 1.40 bits per heavy atom. The maximum Gasteiger partial charge on any atom is 0.227 e. The number of hydrogen-bond donors (Lipinski definition) is 1. The lowest BCUT2D eigenvalue weighted by atomic mass is 9.94. The summed E-state index contributed by atoms with van der Waals surface area (Å²) in [6.45, 7) is 2.54. The molecule has 1 amide bonds. The molecule has 0 saturated carbocycles. The number of aromatic nitrogens is 1. The van der Waals surface area contributed by atoms with Gasteiger partial charge in [-0.05, 0) is 31.5 Å². The molecule has 0 spiro atoms. The smallest absolute Gasteiger partial charge is 0.227 e. The molecule has 4 nitrogen and oxygen atoms in total. The summed E-state index contributed by atoms with van der Waals surface area (Å²) in [4.78, 5) is 19.0. The maximum absolute atomic E-state index is 12.4. The second-order valence-corrected chi connectivity index (χ2v) is 6.72. The van der Waals surface area contributed by atoms with E-state index < -0.39 is 0 Å². The minimum absolute atomic E-state index is 0.193.